The van der Waals surface area contributed by atoms with E-state index in [9.17, 15) is 13.6 Å². The smallest absolute Gasteiger partial charge is 0.235 e. The number of fused-ring (bicyclic) bond motifs is 1. The van der Waals surface area contributed by atoms with Crippen molar-refractivity contribution in [2.45, 2.75) is 63.3 Å². The van der Waals surface area contributed by atoms with Crippen molar-refractivity contribution in [1.82, 2.24) is 14.8 Å². The molecule has 2 aliphatic rings. The Morgan fingerprint density at radius 2 is 1.81 bits per heavy atom. The van der Waals surface area contributed by atoms with Crippen LogP contribution in [0.4, 0.5) is 14.5 Å². The number of nitrogens with zero attached hydrogens (tertiary/aromatic N) is 3. The van der Waals surface area contributed by atoms with E-state index in [1.54, 1.807) is 24.3 Å². The van der Waals surface area contributed by atoms with Gasteiger partial charge in [-0.1, -0.05) is 31.4 Å². The average Bonchev–Trinajstić information content (AvgIpc) is 3.38. The summed E-state index contributed by atoms with van der Waals surface area (Å²) in [7, 11) is 0. The largest absolute Gasteiger partial charge is 0.323 e. The molecule has 166 valence electrons. The van der Waals surface area contributed by atoms with E-state index >= 15 is 0 Å². The average molecular weight is 437 g/mol. The molecule has 5 rings (SSSR count). The van der Waals surface area contributed by atoms with E-state index < -0.39 is 11.2 Å². The van der Waals surface area contributed by atoms with Gasteiger partial charge in [0, 0.05) is 18.5 Å². The van der Waals surface area contributed by atoms with Gasteiger partial charge in [0.15, 0.2) is 5.82 Å². The van der Waals surface area contributed by atoms with E-state index in [4.69, 9.17) is 0 Å². The zero-order valence-corrected chi connectivity index (χ0v) is 17.9. The van der Waals surface area contributed by atoms with Crippen molar-refractivity contribution >= 4 is 11.6 Å². The molecule has 1 aromatic heterocycles. The lowest BCUT2D eigenvalue weighted by molar-refractivity contribution is -0.121. The van der Waals surface area contributed by atoms with Gasteiger partial charge in [-0.25, -0.2) is 8.78 Å². The van der Waals surface area contributed by atoms with Crippen molar-refractivity contribution in [3.05, 3.63) is 65.5 Å². The number of amides is 1. The van der Waals surface area contributed by atoms with E-state index in [0.29, 0.717) is 29.8 Å². The summed E-state index contributed by atoms with van der Waals surface area (Å²) in [6.07, 6.45) is 7.15. The summed E-state index contributed by atoms with van der Waals surface area (Å²) in [4.78, 5) is 13.4. The zero-order chi connectivity index (χ0) is 22.1. The maximum absolute atomic E-state index is 14.7. The molecule has 0 bridgehead atoms. The first kappa shape index (κ1) is 20.8. The number of rotatable bonds is 4. The molecule has 0 atom stereocenters. The van der Waals surface area contributed by atoms with Crippen LogP contribution in [-0.2, 0) is 23.2 Å². The zero-order valence-electron chi connectivity index (χ0n) is 17.9. The normalized spacial score (nSPS) is 17.6. The molecular formula is C25H26F2N4O. The van der Waals surface area contributed by atoms with Gasteiger partial charge in [-0.05, 0) is 61.6 Å². The topological polar surface area (TPSA) is 59.8 Å². The molecule has 0 radical (unpaired) electrons. The molecule has 1 fully saturated rings. The molecule has 32 heavy (non-hydrogen) atoms. The van der Waals surface area contributed by atoms with E-state index in [2.05, 4.69) is 20.1 Å². The second-order valence-corrected chi connectivity index (χ2v) is 8.85. The quantitative estimate of drug-likeness (QED) is 0.596. The molecule has 3 aromatic rings. The van der Waals surface area contributed by atoms with Crippen LogP contribution < -0.4 is 5.32 Å². The molecule has 1 N–H and O–H groups in total. The van der Waals surface area contributed by atoms with Crippen LogP contribution >= 0.6 is 0 Å². The summed E-state index contributed by atoms with van der Waals surface area (Å²) >= 11 is 0. The van der Waals surface area contributed by atoms with Crippen LogP contribution in [-0.4, -0.2) is 20.7 Å². The van der Waals surface area contributed by atoms with Gasteiger partial charge in [-0.2, -0.15) is 0 Å². The molecule has 2 heterocycles. The number of halogens is 2. The van der Waals surface area contributed by atoms with Crippen LogP contribution in [0.3, 0.4) is 0 Å². The molecule has 1 saturated carbocycles. The van der Waals surface area contributed by atoms with Gasteiger partial charge in [0.05, 0.1) is 11.1 Å². The lowest BCUT2D eigenvalue weighted by Crippen LogP contribution is -2.38. The predicted octanol–water partition coefficient (Wildman–Crippen LogP) is 5.40. The third kappa shape index (κ3) is 3.70. The second kappa shape index (κ2) is 8.45. The molecule has 1 aliphatic carbocycles. The van der Waals surface area contributed by atoms with Gasteiger partial charge in [0.25, 0.3) is 0 Å². The highest BCUT2D eigenvalue weighted by atomic mass is 19.1. The van der Waals surface area contributed by atoms with Crippen molar-refractivity contribution in [3.63, 3.8) is 0 Å². The first-order valence-electron chi connectivity index (χ1n) is 11.4. The molecule has 7 heteroatoms. The number of aromatic nitrogens is 3. The monoisotopic (exact) mass is 436 g/mol. The minimum atomic E-state index is -0.851. The number of carbonyl (C=O) groups is 1. The van der Waals surface area contributed by atoms with Crippen molar-refractivity contribution in [3.8, 4) is 11.4 Å². The second-order valence-electron chi connectivity index (χ2n) is 8.85. The van der Waals surface area contributed by atoms with Gasteiger partial charge < -0.3 is 9.88 Å². The Morgan fingerprint density at radius 3 is 2.62 bits per heavy atom. The van der Waals surface area contributed by atoms with Gasteiger partial charge >= 0.3 is 0 Å². The van der Waals surface area contributed by atoms with Crippen molar-refractivity contribution < 1.29 is 13.6 Å². The van der Waals surface area contributed by atoms with Crippen molar-refractivity contribution in [2.24, 2.45) is 0 Å². The molecule has 0 spiro atoms. The summed E-state index contributed by atoms with van der Waals surface area (Å²) in [5.74, 6) is 0.464. The molecule has 0 saturated heterocycles. The molecular weight excluding hydrogens is 410 g/mol. The third-order valence-electron chi connectivity index (χ3n) is 6.85. The van der Waals surface area contributed by atoms with Crippen LogP contribution in [0.5, 0.6) is 0 Å². The minimum Gasteiger partial charge on any atom is -0.323 e. The fraction of sp³-hybridized carbons (Fsp3) is 0.400. The Hall–Kier alpha value is -3.09. The third-order valence-corrected chi connectivity index (χ3v) is 6.85. The Balaban J connectivity index is 1.47. The Morgan fingerprint density at radius 1 is 0.969 bits per heavy atom. The number of nitrogens with one attached hydrogen (secondary N) is 1. The summed E-state index contributed by atoms with van der Waals surface area (Å²) in [5.41, 5.74) is 0.623. The van der Waals surface area contributed by atoms with E-state index in [1.165, 1.54) is 18.2 Å². The first-order valence-corrected chi connectivity index (χ1v) is 11.4. The standard InChI is InChI=1S/C25H26F2N4O/c26-19-8-6-7-18(16-19)25(12-3-4-13-25)24(32)28-21-15-17(10-11-20(21)27)23-30-29-22-9-2-1-5-14-31(22)23/h6-8,10-11,15-16H,1-5,9,12-14H2,(H,28,32). The highest BCUT2D eigenvalue weighted by Crippen LogP contribution is 2.42. The SMILES string of the molecule is O=C(Nc1cc(-c2nnc3n2CCCCC3)ccc1F)C1(c2cccc(F)c2)CCCC1. The number of hydrogen-bond donors (Lipinski definition) is 1. The van der Waals surface area contributed by atoms with Crippen LogP contribution in [0.1, 0.15) is 56.3 Å². The van der Waals surface area contributed by atoms with Crippen LogP contribution in [0, 0.1) is 11.6 Å². The highest BCUT2D eigenvalue weighted by molar-refractivity contribution is 6.00. The van der Waals surface area contributed by atoms with Crippen LogP contribution in [0.15, 0.2) is 42.5 Å². The Kier molecular flexibility index (Phi) is 5.49. The number of hydrogen-bond acceptors (Lipinski definition) is 3. The summed E-state index contributed by atoms with van der Waals surface area (Å²) < 4.78 is 30.7. The fourth-order valence-electron chi connectivity index (χ4n) is 5.11. The van der Waals surface area contributed by atoms with E-state index in [-0.39, 0.29) is 17.4 Å². The molecule has 1 aliphatic heterocycles. The predicted molar refractivity (Wildman–Crippen MR) is 118 cm³/mol. The highest BCUT2D eigenvalue weighted by Gasteiger charge is 2.43. The van der Waals surface area contributed by atoms with Crippen LogP contribution in [0.2, 0.25) is 0 Å². The maximum atomic E-state index is 14.7. The minimum absolute atomic E-state index is 0.112. The van der Waals surface area contributed by atoms with E-state index in [0.717, 1.165) is 50.9 Å². The molecule has 5 nitrogen and oxygen atoms in total. The maximum Gasteiger partial charge on any atom is 0.235 e. The first-order chi connectivity index (χ1) is 15.6. The lowest BCUT2D eigenvalue weighted by atomic mass is 9.78. The van der Waals surface area contributed by atoms with Gasteiger partial charge in [0.1, 0.15) is 17.5 Å². The number of carbonyl (C=O) groups excluding carboxylic acids is 1. The molecule has 1 amide bonds. The Bertz CT molecular complexity index is 1150. The number of aryl methyl sites for hydroxylation is 1. The molecule has 0 unspecified atom stereocenters. The molecule has 2 aromatic carbocycles. The van der Waals surface area contributed by atoms with Crippen molar-refractivity contribution in [1.29, 1.82) is 0 Å². The van der Waals surface area contributed by atoms with Gasteiger partial charge in [-0.15, -0.1) is 10.2 Å². The summed E-state index contributed by atoms with van der Waals surface area (Å²) in [6.45, 7) is 0.833. The van der Waals surface area contributed by atoms with Crippen LogP contribution in [0.25, 0.3) is 11.4 Å². The summed E-state index contributed by atoms with van der Waals surface area (Å²) in [6, 6.07) is 10.8. The fourth-order valence-corrected chi connectivity index (χ4v) is 5.11. The lowest BCUT2D eigenvalue weighted by Gasteiger charge is -2.28. The van der Waals surface area contributed by atoms with Crippen molar-refractivity contribution in [2.75, 3.05) is 5.32 Å². The van der Waals surface area contributed by atoms with Gasteiger partial charge in [-0.3, -0.25) is 4.79 Å². The van der Waals surface area contributed by atoms with Gasteiger partial charge in [0.2, 0.25) is 5.91 Å². The summed E-state index contributed by atoms with van der Waals surface area (Å²) in [5, 5.41) is 11.5. The number of anilines is 1. The van der Waals surface area contributed by atoms with E-state index in [1.807, 2.05) is 0 Å². The Labute approximate surface area is 185 Å². The number of benzene rings is 2.